The summed E-state index contributed by atoms with van der Waals surface area (Å²) in [5, 5.41) is 0.346. The van der Waals surface area contributed by atoms with Crippen LogP contribution >= 0.6 is 11.6 Å². The summed E-state index contributed by atoms with van der Waals surface area (Å²) in [4.78, 5) is 18.7. The molecule has 0 bridgehead atoms. The van der Waals surface area contributed by atoms with E-state index in [1.165, 1.54) is 6.07 Å². The van der Waals surface area contributed by atoms with Gasteiger partial charge in [0.05, 0.1) is 12.9 Å². The summed E-state index contributed by atoms with van der Waals surface area (Å²) in [6, 6.07) is 12.1. The highest BCUT2D eigenvalue weighted by atomic mass is 35.5. The van der Waals surface area contributed by atoms with Gasteiger partial charge in [0.2, 0.25) is 0 Å². The molecule has 3 aromatic rings. The highest BCUT2D eigenvalue weighted by Crippen LogP contribution is 2.32. The summed E-state index contributed by atoms with van der Waals surface area (Å²) >= 11 is 6.14. The lowest BCUT2D eigenvalue weighted by molar-refractivity contribution is 0.0728. The van der Waals surface area contributed by atoms with Crippen LogP contribution in [0.25, 0.3) is 5.69 Å². The first-order chi connectivity index (χ1) is 12.6. The Morgan fingerprint density at radius 1 is 1.23 bits per heavy atom. The molecule has 0 unspecified atom stereocenters. The highest BCUT2D eigenvalue weighted by Gasteiger charge is 2.34. The number of benzene rings is 2. The van der Waals surface area contributed by atoms with Crippen LogP contribution in [-0.4, -0.2) is 26.4 Å². The van der Waals surface area contributed by atoms with Crippen LogP contribution < -0.4 is 0 Å². The summed E-state index contributed by atoms with van der Waals surface area (Å²) in [5.74, 6) is -0.490. The lowest BCUT2D eigenvalue weighted by Gasteiger charge is -2.23. The minimum Gasteiger partial charge on any atom is -0.331 e. The van der Waals surface area contributed by atoms with Gasteiger partial charge in [0.15, 0.2) is 0 Å². The topological polar surface area (TPSA) is 38.1 Å². The molecule has 1 saturated carbocycles. The standard InChI is InChI=1S/C20H17ClFN3O/c21-18-2-1-3-19(22)17(18)12-25(16-8-9-16)20(26)14-4-6-15(7-5-14)24-11-10-23-13-24/h1-7,10-11,13,16H,8-9,12H2. The molecule has 1 aromatic heterocycles. The number of hydrogen-bond acceptors (Lipinski definition) is 2. The van der Waals surface area contributed by atoms with E-state index in [-0.39, 0.29) is 24.3 Å². The van der Waals surface area contributed by atoms with E-state index in [9.17, 15) is 9.18 Å². The van der Waals surface area contributed by atoms with E-state index >= 15 is 0 Å². The number of carbonyl (C=O) groups excluding carboxylic acids is 1. The third-order valence-corrected chi connectivity index (χ3v) is 4.91. The molecule has 0 radical (unpaired) electrons. The van der Waals surface area contributed by atoms with Gasteiger partial charge in [-0.1, -0.05) is 17.7 Å². The van der Waals surface area contributed by atoms with Gasteiger partial charge >= 0.3 is 0 Å². The van der Waals surface area contributed by atoms with Crippen LogP contribution in [0.5, 0.6) is 0 Å². The molecule has 26 heavy (non-hydrogen) atoms. The lowest BCUT2D eigenvalue weighted by Crippen LogP contribution is -2.33. The summed E-state index contributed by atoms with van der Waals surface area (Å²) < 4.78 is 16.0. The SMILES string of the molecule is O=C(c1ccc(-n2ccnc2)cc1)N(Cc1c(F)cccc1Cl)C1CC1. The van der Waals surface area contributed by atoms with Crippen molar-refractivity contribution in [2.75, 3.05) is 0 Å². The maximum absolute atomic E-state index is 14.1. The molecular formula is C20H17ClFN3O. The number of hydrogen-bond donors (Lipinski definition) is 0. The van der Waals surface area contributed by atoms with Crippen molar-refractivity contribution in [3.8, 4) is 5.69 Å². The molecule has 1 heterocycles. The number of carbonyl (C=O) groups is 1. The third-order valence-electron chi connectivity index (χ3n) is 4.56. The summed E-state index contributed by atoms with van der Waals surface area (Å²) in [6.45, 7) is 0.179. The number of imidazole rings is 1. The predicted molar refractivity (Wildman–Crippen MR) is 97.9 cm³/mol. The Morgan fingerprint density at radius 2 is 2.00 bits per heavy atom. The largest absolute Gasteiger partial charge is 0.331 e. The van der Waals surface area contributed by atoms with Crippen LogP contribution in [0.3, 0.4) is 0 Å². The zero-order valence-electron chi connectivity index (χ0n) is 14.0. The number of amides is 1. The molecule has 2 aromatic carbocycles. The van der Waals surface area contributed by atoms with Gasteiger partial charge in [-0.05, 0) is 49.2 Å². The predicted octanol–water partition coefficient (Wildman–Crippen LogP) is 4.47. The zero-order valence-corrected chi connectivity index (χ0v) is 14.7. The highest BCUT2D eigenvalue weighted by molar-refractivity contribution is 6.31. The normalized spacial score (nSPS) is 13.6. The van der Waals surface area contributed by atoms with E-state index < -0.39 is 0 Å². The summed E-state index contributed by atoms with van der Waals surface area (Å²) in [5.41, 5.74) is 1.87. The van der Waals surface area contributed by atoms with Gasteiger partial charge < -0.3 is 9.47 Å². The fraction of sp³-hybridized carbons (Fsp3) is 0.200. The van der Waals surface area contributed by atoms with Crippen molar-refractivity contribution in [2.24, 2.45) is 0 Å². The molecule has 4 nitrogen and oxygen atoms in total. The maximum Gasteiger partial charge on any atom is 0.254 e. The van der Waals surface area contributed by atoms with Crippen molar-refractivity contribution in [1.82, 2.24) is 14.5 Å². The van der Waals surface area contributed by atoms with E-state index in [0.29, 0.717) is 16.1 Å². The summed E-state index contributed by atoms with van der Waals surface area (Å²) in [7, 11) is 0. The first-order valence-corrected chi connectivity index (χ1v) is 8.83. The Hall–Kier alpha value is -2.66. The molecular weight excluding hydrogens is 353 g/mol. The second kappa shape index (κ2) is 6.92. The molecule has 0 saturated heterocycles. The fourth-order valence-electron chi connectivity index (χ4n) is 2.96. The number of nitrogens with zero attached hydrogens (tertiary/aromatic N) is 3. The van der Waals surface area contributed by atoms with Gasteiger partial charge in [0, 0.05) is 40.3 Å². The van der Waals surface area contributed by atoms with E-state index in [0.717, 1.165) is 18.5 Å². The average molecular weight is 370 g/mol. The molecule has 1 aliphatic carbocycles. The molecule has 0 aliphatic heterocycles. The van der Waals surface area contributed by atoms with Crippen molar-refractivity contribution in [3.63, 3.8) is 0 Å². The number of rotatable bonds is 5. The van der Waals surface area contributed by atoms with Crippen LogP contribution in [0.2, 0.25) is 5.02 Å². The molecule has 6 heteroatoms. The van der Waals surface area contributed by atoms with Crippen LogP contribution in [-0.2, 0) is 6.54 Å². The maximum atomic E-state index is 14.1. The molecule has 1 amide bonds. The first-order valence-electron chi connectivity index (χ1n) is 8.46. The summed E-state index contributed by atoms with van der Waals surface area (Å²) in [6.07, 6.45) is 7.11. The van der Waals surface area contributed by atoms with Crippen LogP contribution in [0.15, 0.2) is 61.2 Å². The first kappa shape index (κ1) is 16.8. The van der Waals surface area contributed by atoms with Crippen LogP contribution in [0, 0.1) is 5.82 Å². The molecule has 0 spiro atoms. The van der Waals surface area contributed by atoms with Gasteiger partial charge in [0.1, 0.15) is 5.82 Å². The second-order valence-corrected chi connectivity index (χ2v) is 6.79. The second-order valence-electron chi connectivity index (χ2n) is 6.38. The molecule has 0 N–H and O–H groups in total. The van der Waals surface area contributed by atoms with Crippen LogP contribution in [0.4, 0.5) is 4.39 Å². The van der Waals surface area contributed by atoms with Crippen molar-refractivity contribution < 1.29 is 9.18 Å². The molecule has 0 atom stereocenters. The van der Waals surface area contributed by atoms with Gasteiger partial charge in [0.25, 0.3) is 5.91 Å². The molecule has 1 aliphatic rings. The Morgan fingerprint density at radius 3 is 2.62 bits per heavy atom. The van der Waals surface area contributed by atoms with Gasteiger partial charge in [-0.15, -0.1) is 0 Å². The molecule has 4 rings (SSSR count). The van der Waals surface area contributed by atoms with Crippen LogP contribution in [0.1, 0.15) is 28.8 Å². The molecule has 1 fully saturated rings. The van der Waals surface area contributed by atoms with E-state index in [2.05, 4.69) is 4.98 Å². The van der Waals surface area contributed by atoms with Crippen molar-refractivity contribution in [1.29, 1.82) is 0 Å². The Bertz CT molecular complexity index is 900. The lowest BCUT2D eigenvalue weighted by atomic mass is 10.1. The smallest absolute Gasteiger partial charge is 0.254 e. The van der Waals surface area contributed by atoms with Gasteiger partial charge in [-0.25, -0.2) is 9.37 Å². The number of halogens is 2. The monoisotopic (exact) mass is 369 g/mol. The van der Waals surface area contributed by atoms with E-state index in [4.69, 9.17) is 11.6 Å². The third kappa shape index (κ3) is 3.35. The fourth-order valence-corrected chi connectivity index (χ4v) is 3.18. The molecule has 132 valence electrons. The Kier molecular flexibility index (Phi) is 4.47. The van der Waals surface area contributed by atoms with Crippen molar-refractivity contribution in [2.45, 2.75) is 25.4 Å². The Labute approximate surface area is 155 Å². The number of aromatic nitrogens is 2. The van der Waals surface area contributed by atoms with Gasteiger partial charge in [-0.3, -0.25) is 4.79 Å². The minimum atomic E-state index is -0.383. The Balaban J connectivity index is 1.58. The van der Waals surface area contributed by atoms with Crippen molar-refractivity contribution >= 4 is 17.5 Å². The zero-order chi connectivity index (χ0) is 18.1. The van der Waals surface area contributed by atoms with E-state index in [1.54, 1.807) is 41.7 Å². The van der Waals surface area contributed by atoms with Gasteiger partial charge in [-0.2, -0.15) is 0 Å². The minimum absolute atomic E-state index is 0.107. The quantitative estimate of drug-likeness (QED) is 0.665. The average Bonchev–Trinajstić information content (AvgIpc) is 3.34. The van der Waals surface area contributed by atoms with E-state index in [1.807, 2.05) is 22.9 Å². The van der Waals surface area contributed by atoms with Crippen molar-refractivity contribution in [3.05, 3.63) is 83.2 Å².